The second kappa shape index (κ2) is 6.16. The molecule has 2 aromatic rings. The number of carbonyl (C=O) groups excluding carboxylic acids is 1. The first-order chi connectivity index (χ1) is 9.58. The van der Waals surface area contributed by atoms with Crippen LogP contribution in [-0.2, 0) is 4.79 Å². The summed E-state index contributed by atoms with van der Waals surface area (Å²) in [4.78, 5) is 29.1. The third-order valence-corrected chi connectivity index (χ3v) is 2.69. The van der Waals surface area contributed by atoms with E-state index in [1.54, 1.807) is 24.3 Å². The Morgan fingerprint density at radius 2 is 2.15 bits per heavy atom. The van der Waals surface area contributed by atoms with Gasteiger partial charge < -0.3 is 9.72 Å². The highest BCUT2D eigenvalue weighted by atomic mass is 35.5. The number of halogens is 1. The second-order valence-electron chi connectivity index (χ2n) is 3.93. The van der Waals surface area contributed by atoms with Gasteiger partial charge in [0.15, 0.2) is 5.78 Å². The van der Waals surface area contributed by atoms with Crippen molar-refractivity contribution in [2.75, 3.05) is 0 Å². The highest BCUT2D eigenvalue weighted by molar-refractivity contribution is 6.32. The van der Waals surface area contributed by atoms with Crippen LogP contribution in [0.25, 0.3) is 6.08 Å². The van der Waals surface area contributed by atoms with Gasteiger partial charge in [0.05, 0.1) is 11.3 Å². The van der Waals surface area contributed by atoms with Crippen LogP contribution in [-0.4, -0.2) is 15.8 Å². The van der Waals surface area contributed by atoms with Crippen molar-refractivity contribution in [2.24, 2.45) is 0 Å². The normalized spacial score (nSPS) is 10.7. The van der Waals surface area contributed by atoms with Gasteiger partial charge >= 0.3 is 0 Å². The molecule has 102 valence electrons. The molecular formula is C14H11ClN2O3. The van der Waals surface area contributed by atoms with Crippen LogP contribution >= 0.6 is 11.6 Å². The monoisotopic (exact) mass is 290 g/mol. The van der Waals surface area contributed by atoms with E-state index in [0.717, 1.165) is 0 Å². The van der Waals surface area contributed by atoms with Gasteiger partial charge in [-0.1, -0.05) is 23.7 Å². The molecule has 0 fully saturated rings. The average molecular weight is 291 g/mol. The molecule has 0 aliphatic carbocycles. The van der Waals surface area contributed by atoms with E-state index in [1.807, 2.05) is 0 Å². The molecular weight excluding hydrogens is 280 g/mol. The van der Waals surface area contributed by atoms with E-state index >= 15 is 0 Å². The molecule has 0 aliphatic rings. The Hall–Kier alpha value is -2.40. The van der Waals surface area contributed by atoms with Gasteiger partial charge in [-0.2, -0.15) is 0 Å². The van der Waals surface area contributed by atoms with E-state index in [0.29, 0.717) is 10.8 Å². The average Bonchev–Trinajstić information content (AvgIpc) is 2.40. The van der Waals surface area contributed by atoms with E-state index in [4.69, 9.17) is 16.3 Å². The molecule has 6 heteroatoms. The highest BCUT2D eigenvalue weighted by Crippen LogP contribution is 2.28. The summed E-state index contributed by atoms with van der Waals surface area (Å²) in [5, 5.41) is 0.399. The Kier molecular flexibility index (Phi) is 4.32. The van der Waals surface area contributed by atoms with Crippen molar-refractivity contribution in [1.29, 1.82) is 0 Å². The molecule has 0 saturated carbocycles. The predicted molar refractivity (Wildman–Crippen MR) is 76.1 cm³/mol. The first-order valence-corrected chi connectivity index (χ1v) is 6.14. The molecule has 0 atom stereocenters. The number of aromatic amines is 1. The molecule has 0 amide bonds. The minimum absolute atomic E-state index is 0.0827. The molecule has 0 unspecified atom stereocenters. The summed E-state index contributed by atoms with van der Waals surface area (Å²) in [6.07, 6.45) is 3.85. The number of rotatable bonds is 4. The van der Waals surface area contributed by atoms with Crippen molar-refractivity contribution in [3.8, 4) is 11.6 Å². The first-order valence-electron chi connectivity index (χ1n) is 5.76. The lowest BCUT2D eigenvalue weighted by molar-refractivity contribution is -0.112. The molecule has 1 aromatic heterocycles. The topological polar surface area (TPSA) is 72.0 Å². The van der Waals surface area contributed by atoms with E-state index in [9.17, 15) is 9.59 Å². The quantitative estimate of drug-likeness (QED) is 0.879. The fourth-order valence-electron chi connectivity index (χ4n) is 1.45. The van der Waals surface area contributed by atoms with Crippen LogP contribution in [0.5, 0.6) is 11.6 Å². The third-order valence-electron chi connectivity index (χ3n) is 2.38. The van der Waals surface area contributed by atoms with Crippen LogP contribution in [0.1, 0.15) is 12.5 Å². The number of nitrogens with zero attached hydrogens (tertiary/aromatic N) is 1. The number of allylic oxidation sites excluding steroid dienone is 1. The van der Waals surface area contributed by atoms with Crippen molar-refractivity contribution in [1.82, 2.24) is 9.97 Å². The van der Waals surface area contributed by atoms with Gasteiger partial charge in [0.2, 0.25) is 5.88 Å². The fraction of sp³-hybridized carbons (Fsp3) is 0.0714. The van der Waals surface area contributed by atoms with Gasteiger partial charge in [-0.05, 0) is 31.2 Å². The molecule has 1 heterocycles. The Morgan fingerprint density at radius 1 is 1.40 bits per heavy atom. The summed E-state index contributed by atoms with van der Waals surface area (Å²) >= 11 is 5.98. The lowest BCUT2D eigenvalue weighted by atomic mass is 10.2. The van der Waals surface area contributed by atoms with Gasteiger partial charge in [0, 0.05) is 0 Å². The summed E-state index contributed by atoms with van der Waals surface area (Å²) < 4.78 is 5.53. The third kappa shape index (κ3) is 3.33. The van der Waals surface area contributed by atoms with Crippen LogP contribution in [0.4, 0.5) is 0 Å². The fourth-order valence-corrected chi connectivity index (χ4v) is 1.63. The zero-order valence-corrected chi connectivity index (χ0v) is 11.3. The van der Waals surface area contributed by atoms with Crippen LogP contribution in [0, 0.1) is 0 Å². The number of carbonyl (C=O) groups is 1. The summed E-state index contributed by atoms with van der Waals surface area (Å²) in [7, 11) is 0. The number of ketones is 1. The largest absolute Gasteiger partial charge is 0.437 e. The smallest absolute Gasteiger partial charge is 0.261 e. The van der Waals surface area contributed by atoms with E-state index in [1.165, 1.54) is 25.4 Å². The number of hydrogen-bond donors (Lipinski definition) is 1. The first kappa shape index (κ1) is 14.0. The van der Waals surface area contributed by atoms with Gasteiger partial charge in [0.25, 0.3) is 5.56 Å². The van der Waals surface area contributed by atoms with Crippen molar-refractivity contribution < 1.29 is 9.53 Å². The molecule has 0 aliphatic heterocycles. The standard InChI is InChI=1S/C14H11ClN2O3/c1-9(18)6-7-10-13(19)16-8-17-14(10)20-12-5-3-2-4-11(12)15/h2-8H,1H3,(H,16,17,19)/b7-6+. The van der Waals surface area contributed by atoms with Crippen LogP contribution in [0.2, 0.25) is 5.02 Å². The van der Waals surface area contributed by atoms with Crippen molar-refractivity contribution in [3.05, 3.63) is 57.6 Å². The predicted octanol–water partition coefficient (Wildman–Crippen LogP) is 2.82. The molecule has 0 saturated heterocycles. The Labute approximate surface area is 119 Å². The lowest BCUT2D eigenvalue weighted by Crippen LogP contribution is -2.11. The number of aromatic nitrogens is 2. The molecule has 0 radical (unpaired) electrons. The van der Waals surface area contributed by atoms with Crippen molar-refractivity contribution in [3.63, 3.8) is 0 Å². The molecule has 1 N–H and O–H groups in total. The summed E-state index contributed by atoms with van der Waals surface area (Å²) in [5.74, 6) is 0.279. The number of H-pyrrole nitrogens is 1. The van der Waals surface area contributed by atoms with Crippen LogP contribution in [0.3, 0.4) is 0 Å². The molecule has 20 heavy (non-hydrogen) atoms. The molecule has 0 spiro atoms. The van der Waals surface area contributed by atoms with Crippen LogP contribution in [0.15, 0.2) is 41.5 Å². The van der Waals surface area contributed by atoms with Gasteiger partial charge in [-0.3, -0.25) is 9.59 Å². The number of hydrogen-bond acceptors (Lipinski definition) is 4. The second-order valence-corrected chi connectivity index (χ2v) is 4.33. The Morgan fingerprint density at radius 3 is 2.85 bits per heavy atom. The lowest BCUT2D eigenvalue weighted by Gasteiger charge is -2.07. The summed E-state index contributed by atoms with van der Waals surface area (Å²) in [6.45, 7) is 1.38. The Bertz CT molecular complexity index is 722. The number of para-hydroxylation sites is 1. The zero-order valence-electron chi connectivity index (χ0n) is 10.6. The van der Waals surface area contributed by atoms with E-state index in [-0.39, 0.29) is 17.2 Å². The minimum Gasteiger partial charge on any atom is -0.437 e. The molecule has 0 bridgehead atoms. The van der Waals surface area contributed by atoms with Crippen molar-refractivity contribution in [2.45, 2.75) is 6.92 Å². The minimum atomic E-state index is -0.403. The number of benzene rings is 1. The highest BCUT2D eigenvalue weighted by Gasteiger charge is 2.10. The van der Waals surface area contributed by atoms with Crippen molar-refractivity contribution >= 4 is 23.5 Å². The van der Waals surface area contributed by atoms with Crippen LogP contribution < -0.4 is 10.3 Å². The van der Waals surface area contributed by atoms with Gasteiger partial charge in [-0.25, -0.2) is 4.98 Å². The van der Waals surface area contributed by atoms with Gasteiger partial charge in [0.1, 0.15) is 11.3 Å². The number of ether oxygens (including phenoxy) is 1. The molecule has 1 aromatic carbocycles. The number of nitrogens with one attached hydrogen (secondary N) is 1. The van der Waals surface area contributed by atoms with E-state index in [2.05, 4.69) is 9.97 Å². The Balaban J connectivity index is 2.42. The zero-order chi connectivity index (χ0) is 14.5. The molecule has 2 rings (SSSR count). The maximum absolute atomic E-state index is 11.8. The maximum Gasteiger partial charge on any atom is 0.261 e. The molecule has 5 nitrogen and oxygen atoms in total. The maximum atomic E-state index is 11.8. The summed E-state index contributed by atoms with van der Waals surface area (Å²) in [5.41, 5.74) is -0.248. The summed E-state index contributed by atoms with van der Waals surface area (Å²) in [6, 6.07) is 6.83. The van der Waals surface area contributed by atoms with E-state index < -0.39 is 5.56 Å². The van der Waals surface area contributed by atoms with Gasteiger partial charge in [-0.15, -0.1) is 0 Å². The SMILES string of the molecule is CC(=O)/C=C/c1c(Oc2ccccc2Cl)nc[nH]c1=O.